The maximum absolute atomic E-state index is 9.90. The molecule has 0 bridgehead atoms. The molecule has 0 aromatic heterocycles. The summed E-state index contributed by atoms with van der Waals surface area (Å²) in [5.74, 6) is 2.15. The van der Waals surface area contributed by atoms with E-state index in [1.807, 2.05) is 24.3 Å². The average molecular weight is 292 g/mol. The second-order valence-corrected chi connectivity index (χ2v) is 6.15. The number of para-hydroxylation sites is 2. The molecule has 0 amide bonds. The molecule has 1 aromatic rings. The van der Waals surface area contributed by atoms with Crippen LogP contribution in [0.15, 0.2) is 24.3 Å². The summed E-state index contributed by atoms with van der Waals surface area (Å²) in [5.41, 5.74) is -0.122. The number of rotatable bonds is 7. The fourth-order valence-corrected chi connectivity index (χ4v) is 3.36. The van der Waals surface area contributed by atoms with Crippen molar-refractivity contribution in [1.29, 1.82) is 0 Å². The predicted octanol–water partition coefficient (Wildman–Crippen LogP) is 2.64. The van der Waals surface area contributed by atoms with Gasteiger partial charge in [0.2, 0.25) is 0 Å². The predicted molar refractivity (Wildman–Crippen MR) is 79.7 cm³/mol. The first kappa shape index (κ1) is 14.7. The molecule has 21 heavy (non-hydrogen) atoms. The van der Waals surface area contributed by atoms with E-state index in [0.29, 0.717) is 12.5 Å². The highest BCUT2D eigenvalue weighted by Gasteiger charge is 2.50. The summed E-state index contributed by atoms with van der Waals surface area (Å²) in [7, 11) is 1.64. The Balaban J connectivity index is 1.60. The highest BCUT2D eigenvalue weighted by atomic mass is 16.5. The molecule has 4 nitrogen and oxygen atoms in total. The van der Waals surface area contributed by atoms with Crippen molar-refractivity contribution in [1.82, 2.24) is 0 Å². The molecule has 1 heterocycles. The van der Waals surface area contributed by atoms with Crippen molar-refractivity contribution in [2.24, 2.45) is 11.3 Å². The number of benzene rings is 1. The zero-order valence-corrected chi connectivity index (χ0v) is 12.6. The third-order valence-electron chi connectivity index (χ3n) is 4.79. The highest BCUT2D eigenvalue weighted by Crippen LogP contribution is 2.49. The van der Waals surface area contributed by atoms with Crippen molar-refractivity contribution in [3.63, 3.8) is 0 Å². The molecule has 2 aliphatic rings. The van der Waals surface area contributed by atoms with Crippen LogP contribution in [-0.2, 0) is 4.74 Å². The lowest BCUT2D eigenvalue weighted by Crippen LogP contribution is -2.37. The Hall–Kier alpha value is -1.26. The molecule has 2 unspecified atom stereocenters. The van der Waals surface area contributed by atoms with Gasteiger partial charge in [-0.1, -0.05) is 12.1 Å². The van der Waals surface area contributed by atoms with Gasteiger partial charge in [0.15, 0.2) is 11.5 Å². The SMILES string of the molecule is COc1ccccc1OCCC1(CO)CCOC1C1CC1. The van der Waals surface area contributed by atoms with Crippen molar-refractivity contribution in [2.75, 3.05) is 26.9 Å². The van der Waals surface area contributed by atoms with Crippen molar-refractivity contribution in [3.8, 4) is 11.5 Å². The third-order valence-corrected chi connectivity index (χ3v) is 4.79. The van der Waals surface area contributed by atoms with Gasteiger partial charge in [0.25, 0.3) is 0 Å². The zero-order chi connectivity index (χ0) is 14.7. The molecule has 1 aliphatic carbocycles. The molecule has 4 heteroatoms. The van der Waals surface area contributed by atoms with E-state index in [1.54, 1.807) is 7.11 Å². The van der Waals surface area contributed by atoms with Crippen LogP contribution in [0.2, 0.25) is 0 Å². The number of ether oxygens (including phenoxy) is 3. The van der Waals surface area contributed by atoms with Crippen LogP contribution in [0.5, 0.6) is 11.5 Å². The number of aliphatic hydroxyl groups excluding tert-OH is 1. The molecule has 1 saturated carbocycles. The zero-order valence-electron chi connectivity index (χ0n) is 12.6. The first-order valence-corrected chi connectivity index (χ1v) is 7.77. The van der Waals surface area contributed by atoms with E-state index >= 15 is 0 Å². The Morgan fingerprint density at radius 3 is 2.71 bits per heavy atom. The van der Waals surface area contributed by atoms with Gasteiger partial charge >= 0.3 is 0 Å². The smallest absolute Gasteiger partial charge is 0.161 e. The largest absolute Gasteiger partial charge is 0.493 e. The van der Waals surface area contributed by atoms with Gasteiger partial charge in [-0.3, -0.25) is 0 Å². The van der Waals surface area contributed by atoms with Crippen LogP contribution in [0.4, 0.5) is 0 Å². The second-order valence-electron chi connectivity index (χ2n) is 6.15. The monoisotopic (exact) mass is 292 g/mol. The lowest BCUT2D eigenvalue weighted by molar-refractivity contribution is -0.0106. The first-order chi connectivity index (χ1) is 10.3. The van der Waals surface area contributed by atoms with Gasteiger partial charge in [-0.25, -0.2) is 0 Å². The number of hydrogen-bond acceptors (Lipinski definition) is 4. The summed E-state index contributed by atoms with van der Waals surface area (Å²) in [6.07, 6.45) is 4.44. The van der Waals surface area contributed by atoms with Gasteiger partial charge in [-0.05, 0) is 43.7 Å². The number of aliphatic hydroxyl groups is 1. The first-order valence-electron chi connectivity index (χ1n) is 7.77. The molecule has 1 aromatic carbocycles. The van der Waals surface area contributed by atoms with Gasteiger partial charge in [0, 0.05) is 12.0 Å². The Morgan fingerprint density at radius 2 is 2.05 bits per heavy atom. The maximum Gasteiger partial charge on any atom is 0.161 e. The summed E-state index contributed by atoms with van der Waals surface area (Å²) >= 11 is 0. The van der Waals surface area contributed by atoms with Crippen molar-refractivity contribution in [2.45, 2.75) is 31.8 Å². The molecule has 1 aliphatic heterocycles. The second kappa shape index (κ2) is 6.24. The van der Waals surface area contributed by atoms with Crippen LogP contribution >= 0.6 is 0 Å². The van der Waals surface area contributed by atoms with E-state index in [4.69, 9.17) is 14.2 Å². The Morgan fingerprint density at radius 1 is 1.29 bits per heavy atom. The third kappa shape index (κ3) is 3.01. The number of methoxy groups -OCH3 is 1. The summed E-state index contributed by atoms with van der Waals surface area (Å²) in [6.45, 7) is 1.52. The minimum atomic E-state index is -0.122. The van der Waals surface area contributed by atoms with E-state index in [2.05, 4.69) is 0 Å². The quantitative estimate of drug-likeness (QED) is 0.839. The van der Waals surface area contributed by atoms with Crippen LogP contribution < -0.4 is 9.47 Å². The van der Waals surface area contributed by atoms with E-state index < -0.39 is 0 Å². The standard InChI is InChI=1S/C17H24O4/c1-19-14-4-2-3-5-15(14)20-10-8-17(12-18)9-11-21-16(17)13-6-7-13/h2-5,13,16,18H,6-12H2,1H3. The molecular formula is C17H24O4. The van der Waals surface area contributed by atoms with Gasteiger partial charge in [-0.2, -0.15) is 0 Å². The van der Waals surface area contributed by atoms with Gasteiger partial charge in [-0.15, -0.1) is 0 Å². The number of hydrogen-bond donors (Lipinski definition) is 1. The van der Waals surface area contributed by atoms with E-state index in [1.165, 1.54) is 12.8 Å². The fourth-order valence-electron chi connectivity index (χ4n) is 3.36. The van der Waals surface area contributed by atoms with Crippen molar-refractivity contribution >= 4 is 0 Å². The van der Waals surface area contributed by atoms with Gasteiger partial charge in [0.1, 0.15) is 0 Å². The van der Waals surface area contributed by atoms with Crippen LogP contribution in [0.1, 0.15) is 25.7 Å². The Kier molecular flexibility index (Phi) is 4.36. The molecule has 0 radical (unpaired) electrons. The van der Waals surface area contributed by atoms with Gasteiger partial charge in [0.05, 0.1) is 26.4 Å². The summed E-state index contributed by atoms with van der Waals surface area (Å²) in [4.78, 5) is 0. The molecule has 2 fully saturated rings. The molecule has 0 spiro atoms. The summed E-state index contributed by atoms with van der Waals surface area (Å²) in [5, 5.41) is 9.90. The van der Waals surface area contributed by atoms with E-state index in [-0.39, 0.29) is 18.1 Å². The Bertz CT molecular complexity index is 472. The molecule has 2 atom stereocenters. The maximum atomic E-state index is 9.90. The van der Waals surface area contributed by atoms with Crippen LogP contribution in [0.25, 0.3) is 0 Å². The molecule has 1 saturated heterocycles. The molecule has 116 valence electrons. The van der Waals surface area contributed by atoms with Crippen LogP contribution in [0, 0.1) is 11.3 Å². The Labute approximate surface area is 126 Å². The van der Waals surface area contributed by atoms with E-state index in [9.17, 15) is 5.11 Å². The van der Waals surface area contributed by atoms with Crippen LogP contribution in [-0.4, -0.2) is 38.1 Å². The van der Waals surface area contributed by atoms with Gasteiger partial charge < -0.3 is 19.3 Å². The lowest BCUT2D eigenvalue weighted by atomic mass is 9.77. The summed E-state index contributed by atoms with van der Waals surface area (Å²) in [6, 6.07) is 7.66. The van der Waals surface area contributed by atoms with Crippen molar-refractivity contribution < 1.29 is 19.3 Å². The molecule has 1 N–H and O–H groups in total. The molecular weight excluding hydrogens is 268 g/mol. The van der Waals surface area contributed by atoms with E-state index in [0.717, 1.165) is 30.9 Å². The fraction of sp³-hybridized carbons (Fsp3) is 0.647. The lowest BCUT2D eigenvalue weighted by Gasteiger charge is -2.32. The molecule has 3 rings (SSSR count). The normalized spacial score (nSPS) is 28.6. The highest BCUT2D eigenvalue weighted by molar-refractivity contribution is 5.39. The topological polar surface area (TPSA) is 47.9 Å². The van der Waals surface area contributed by atoms with Crippen molar-refractivity contribution in [3.05, 3.63) is 24.3 Å². The minimum absolute atomic E-state index is 0.122. The minimum Gasteiger partial charge on any atom is -0.493 e. The van der Waals surface area contributed by atoms with Crippen LogP contribution in [0.3, 0.4) is 0 Å². The average Bonchev–Trinajstić information content (AvgIpc) is 3.28. The summed E-state index contributed by atoms with van der Waals surface area (Å²) < 4.78 is 17.1.